The van der Waals surface area contributed by atoms with E-state index in [1.807, 2.05) is 37.3 Å². The quantitative estimate of drug-likeness (QED) is 0.829. The van der Waals surface area contributed by atoms with Crippen molar-refractivity contribution in [2.24, 2.45) is 0 Å². The number of hydrogen-bond acceptors (Lipinski definition) is 3. The lowest BCUT2D eigenvalue weighted by molar-refractivity contribution is -0.149. The first-order chi connectivity index (χ1) is 11.5. The number of amides is 1. The monoisotopic (exact) mass is 325 g/mol. The van der Waals surface area contributed by atoms with Crippen molar-refractivity contribution in [3.63, 3.8) is 0 Å². The number of aryl methyl sites for hydroxylation is 1. The molecule has 0 aliphatic heterocycles. The summed E-state index contributed by atoms with van der Waals surface area (Å²) in [6, 6.07) is 16.0. The van der Waals surface area contributed by atoms with E-state index in [0.29, 0.717) is 12.0 Å². The lowest BCUT2D eigenvalue weighted by atomic mass is 10.0. The van der Waals surface area contributed by atoms with Crippen molar-refractivity contribution < 1.29 is 14.3 Å². The summed E-state index contributed by atoms with van der Waals surface area (Å²) in [5, 5.41) is 2.79. The van der Waals surface area contributed by atoms with Gasteiger partial charge < -0.3 is 10.1 Å². The number of esters is 1. The number of hydrogen-bond donors (Lipinski definition) is 1. The van der Waals surface area contributed by atoms with Crippen LogP contribution >= 0.6 is 0 Å². The molecule has 0 unspecified atom stereocenters. The van der Waals surface area contributed by atoms with Crippen molar-refractivity contribution in [3.8, 4) is 0 Å². The molecule has 0 fully saturated rings. The number of benzene rings is 2. The van der Waals surface area contributed by atoms with Crippen molar-refractivity contribution in [2.75, 3.05) is 0 Å². The van der Waals surface area contributed by atoms with Crippen molar-refractivity contribution >= 4 is 11.9 Å². The van der Waals surface area contributed by atoms with Crippen molar-refractivity contribution in [3.05, 3.63) is 71.3 Å². The zero-order valence-electron chi connectivity index (χ0n) is 14.3. The van der Waals surface area contributed by atoms with Gasteiger partial charge >= 0.3 is 5.97 Å². The van der Waals surface area contributed by atoms with Crippen LogP contribution in [0.4, 0.5) is 0 Å². The number of carbonyl (C=O) groups is 2. The van der Waals surface area contributed by atoms with E-state index < -0.39 is 12.0 Å². The zero-order chi connectivity index (χ0) is 17.5. The fourth-order valence-electron chi connectivity index (χ4n) is 2.30. The second-order valence-electron chi connectivity index (χ2n) is 6.07. The summed E-state index contributed by atoms with van der Waals surface area (Å²) < 4.78 is 5.29. The molecule has 2 aromatic rings. The van der Waals surface area contributed by atoms with Gasteiger partial charge in [-0.2, -0.15) is 0 Å². The molecule has 4 heteroatoms. The Bertz CT molecular complexity index is 678. The molecule has 0 bridgehead atoms. The van der Waals surface area contributed by atoms with Gasteiger partial charge in [-0.1, -0.05) is 48.0 Å². The van der Waals surface area contributed by atoms with E-state index in [2.05, 4.69) is 5.32 Å². The van der Waals surface area contributed by atoms with Gasteiger partial charge in [-0.3, -0.25) is 4.79 Å². The predicted molar refractivity (Wildman–Crippen MR) is 93.8 cm³/mol. The lowest BCUT2D eigenvalue weighted by Gasteiger charge is -2.19. The average Bonchev–Trinajstić information content (AvgIpc) is 2.56. The second-order valence-corrected chi connectivity index (χ2v) is 6.07. The lowest BCUT2D eigenvalue weighted by Crippen LogP contribution is -2.44. The summed E-state index contributed by atoms with van der Waals surface area (Å²) in [6.07, 6.45) is 0.163. The third-order valence-corrected chi connectivity index (χ3v) is 3.54. The maximum Gasteiger partial charge on any atom is 0.329 e. The van der Waals surface area contributed by atoms with Crippen LogP contribution < -0.4 is 5.32 Å². The van der Waals surface area contributed by atoms with Crippen LogP contribution in [0, 0.1) is 6.92 Å². The average molecular weight is 325 g/mol. The molecule has 0 spiro atoms. The Morgan fingerprint density at radius 1 is 1.00 bits per heavy atom. The minimum Gasteiger partial charge on any atom is -0.461 e. The zero-order valence-corrected chi connectivity index (χ0v) is 14.3. The number of nitrogens with one attached hydrogen (secondary N) is 1. The standard InChI is InChI=1S/C20H23NO3/c1-14(2)24-20(23)18(13-16-11-9-15(3)10-12-16)21-19(22)17-7-5-4-6-8-17/h4-12,14,18H,13H2,1-3H3,(H,21,22)/t18-/m0/s1. The summed E-state index contributed by atoms with van der Waals surface area (Å²) >= 11 is 0. The molecule has 2 aromatic carbocycles. The van der Waals surface area contributed by atoms with E-state index >= 15 is 0 Å². The van der Waals surface area contributed by atoms with Gasteiger partial charge in [-0.05, 0) is 38.5 Å². The van der Waals surface area contributed by atoms with E-state index in [1.165, 1.54) is 0 Å². The molecular formula is C20H23NO3. The molecule has 2 rings (SSSR count). The van der Waals surface area contributed by atoms with Crippen LogP contribution in [0.15, 0.2) is 54.6 Å². The molecule has 0 aliphatic carbocycles. The van der Waals surface area contributed by atoms with Crippen LogP contribution in [0.3, 0.4) is 0 Å². The predicted octanol–water partition coefficient (Wildman–Crippen LogP) is 3.29. The topological polar surface area (TPSA) is 55.4 Å². The summed E-state index contributed by atoms with van der Waals surface area (Å²) in [4.78, 5) is 24.7. The van der Waals surface area contributed by atoms with Gasteiger partial charge in [-0.25, -0.2) is 4.79 Å². The van der Waals surface area contributed by atoms with Gasteiger partial charge in [0.1, 0.15) is 6.04 Å². The SMILES string of the molecule is Cc1ccc(C[C@H](NC(=O)c2ccccc2)C(=O)OC(C)C)cc1. The molecular weight excluding hydrogens is 302 g/mol. The molecule has 1 atom stereocenters. The van der Waals surface area contributed by atoms with Crippen LogP contribution in [-0.2, 0) is 16.0 Å². The minimum atomic E-state index is -0.720. The summed E-state index contributed by atoms with van der Waals surface area (Å²) in [5.74, 6) is -0.705. The van der Waals surface area contributed by atoms with Crippen molar-refractivity contribution in [1.82, 2.24) is 5.32 Å². The van der Waals surface area contributed by atoms with Crippen LogP contribution in [0.1, 0.15) is 35.3 Å². The first-order valence-electron chi connectivity index (χ1n) is 8.07. The number of rotatable bonds is 6. The molecule has 1 amide bonds. The Kier molecular flexibility index (Phi) is 6.13. The van der Waals surface area contributed by atoms with Gasteiger partial charge in [-0.15, -0.1) is 0 Å². The molecule has 24 heavy (non-hydrogen) atoms. The smallest absolute Gasteiger partial charge is 0.329 e. The van der Waals surface area contributed by atoms with Crippen molar-refractivity contribution in [1.29, 1.82) is 0 Å². The Labute approximate surface area is 142 Å². The summed E-state index contributed by atoms with van der Waals surface area (Å²) in [7, 11) is 0. The van der Waals surface area contributed by atoms with Crippen LogP contribution in [-0.4, -0.2) is 24.0 Å². The molecule has 0 aromatic heterocycles. The van der Waals surface area contributed by atoms with E-state index in [4.69, 9.17) is 4.74 Å². The highest BCUT2D eigenvalue weighted by atomic mass is 16.5. The minimum absolute atomic E-state index is 0.230. The summed E-state index contributed by atoms with van der Waals surface area (Å²) in [6.45, 7) is 5.59. The van der Waals surface area contributed by atoms with Gasteiger partial charge in [0, 0.05) is 12.0 Å². The Morgan fingerprint density at radius 3 is 2.21 bits per heavy atom. The Balaban J connectivity index is 2.14. The molecule has 126 valence electrons. The molecule has 0 saturated carbocycles. The van der Waals surface area contributed by atoms with Crippen molar-refractivity contribution in [2.45, 2.75) is 39.3 Å². The number of ether oxygens (including phenoxy) is 1. The van der Waals surface area contributed by atoms with Crippen LogP contribution in [0.5, 0.6) is 0 Å². The first kappa shape index (κ1) is 17.7. The number of carbonyl (C=O) groups excluding carboxylic acids is 2. The Hall–Kier alpha value is -2.62. The maximum atomic E-state index is 12.4. The largest absolute Gasteiger partial charge is 0.461 e. The fraction of sp³-hybridized carbons (Fsp3) is 0.300. The summed E-state index contributed by atoms with van der Waals surface area (Å²) in [5.41, 5.74) is 2.64. The highest BCUT2D eigenvalue weighted by Gasteiger charge is 2.24. The van der Waals surface area contributed by atoms with E-state index in [1.54, 1.807) is 38.1 Å². The van der Waals surface area contributed by atoms with Crippen LogP contribution in [0.25, 0.3) is 0 Å². The molecule has 1 N–H and O–H groups in total. The molecule has 0 heterocycles. The molecule has 0 radical (unpaired) electrons. The van der Waals surface area contributed by atoms with E-state index in [-0.39, 0.29) is 12.0 Å². The highest BCUT2D eigenvalue weighted by molar-refractivity contribution is 5.96. The molecule has 4 nitrogen and oxygen atoms in total. The van der Waals surface area contributed by atoms with E-state index in [9.17, 15) is 9.59 Å². The van der Waals surface area contributed by atoms with Crippen LogP contribution in [0.2, 0.25) is 0 Å². The molecule has 0 saturated heterocycles. The maximum absolute atomic E-state index is 12.4. The Morgan fingerprint density at radius 2 is 1.62 bits per heavy atom. The third-order valence-electron chi connectivity index (χ3n) is 3.54. The molecule has 0 aliphatic rings. The normalized spacial score (nSPS) is 11.8. The van der Waals surface area contributed by atoms with Gasteiger partial charge in [0.2, 0.25) is 0 Å². The first-order valence-corrected chi connectivity index (χ1v) is 8.07. The second kappa shape index (κ2) is 8.29. The van der Waals surface area contributed by atoms with Gasteiger partial charge in [0.15, 0.2) is 0 Å². The fourth-order valence-corrected chi connectivity index (χ4v) is 2.30. The van der Waals surface area contributed by atoms with Gasteiger partial charge in [0.05, 0.1) is 6.10 Å². The third kappa shape index (κ3) is 5.23. The van der Waals surface area contributed by atoms with Gasteiger partial charge in [0.25, 0.3) is 5.91 Å². The highest BCUT2D eigenvalue weighted by Crippen LogP contribution is 2.09. The van der Waals surface area contributed by atoms with E-state index in [0.717, 1.165) is 11.1 Å².